The lowest BCUT2D eigenvalue weighted by Crippen LogP contribution is -2.31. The van der Waals surface area contributed by atoms with Crippen molar-refractivity contribution in [2.75, 3.05) is 26.2 Å². The van der Waals surface area contributed by atoms with Crippen LogP contribution in [0.3, 0.4) is 0 Å². The first-order chi connectivity index (χ1) is 12.2. The zero-order chi connectivity index (χ0) is 20.0. The molecule has 11 nitrogen and oxygen atoms in total. The Bertz CT molecular complexity index is 548. The van der Waals surface area contributed by atoms with Crippen LogP contribution in [0.4, 0.5) is 0 Å². The summed E-state index contributed by atoms with van der Waals surface area (Å²) < 4.78 is 18.3. The quantitative estimate of drug-likeness (QED) is 0.246. The topological polar surface area (TPSA) is 172 Å². The van der Waals surface area contributed by atoms with Gasteiger partial charge in [-0.25, -0.2) is 9.59 Å². The van der Waals surface area contributed by atoms with Crippen LogP contribution in [0.2, 0.25) is 0 Å². The summed E-state index contributed by atoms with van der Waals surface area (Å²) in [4.78, 5) is 21.8. The first-order valence-corrected chi connectivity index (χ1v) is 8.24. The van der Waals surface area contributed by atoms with Crippen molar-refractivity contribution in [1.29, 1.82) is 0 Å². The first-order valence-electron chi connectivity index (χ1n) is 7.12. The molecule has 0 fully saturated rings. The van der Waals surface area contributed by atoms with E-state index in [0.717, 1.165) is 0 Å². The molecule has 0 aromatic rings. The number of hydrogen-bond acceptors (Lipinski definition) is 11. The van der Waals surface area contributed by atoms with Crippen LogP contribution in [0.15, 0.2) is 23.0 Å². The highest BCUT2D eigenvalue weighted by Crippen LogP contribution is 2.24. The number of aliphatic hydroxyl groups excluding tert-OH is 5. The molecule has 0 unspecified atom stereocenters. The summed E-state index contributed by atoms with van der Waals surface area (Å²) in [6.07, 6.45) is -4.57. The second kappa shape index (κ2) is 9.62. The van der Waals surface area contributed by atoms with Gasteiger partial charge in [-0.3, -0.25) is 0 Å². The molecule has 5 N–H and O–H groups in total. The molecule has 26 heavy (non-hydrogen) atoms. The SMILES string of the molecule is COC1=C(O)[C@@H]([C@@H](O)CBr)OC1=O.COC1=C(O)[C@@H]([C@@H](O)CO)OC1=O. The van der Waals surface area contributed by atoms with Crippen LogP contribution in [0.25, 0.3) is 0 Å². The van der Waals surface area contributed by atoms with Crippen molar-refractivity contribution in [2.45, 2.75) is 24.4 Å². The van der Waals surface area contributed by atoms with Gasteiger partial charge in [-0.2, -0.15) is 0 Å². The van der Waals surface area contributed by atoms with E-state index >= 15 is 0 Å². The van der Waals surface area contributed by atoms with Crippen molar-refractivity contribution < 1.29 is 54.1 Å². The van der Waals surface area contributed by atoms with Gasteiger partial charge in [0, 0.05) is 5.33 Å². The Morgan fingerprint density at radius 2 is 1.35 bits per heavy atom. The number of carbonyl (C=O) groups excluding carboxylic acids is 2. The molecule has 4 atom stereocenters. The molecular weight excluding hydrogens is 424 g/mol. The molecule has 2 rings (SSSR count). The molecule has 0 saturated carbocycles. The van der Waals surface area contributed by atoms with Crippen molar-refractivity contribution >= 4 is 27.9 Å². The highest BCUT2D eigenvalue weighted by Gasteiger charge is 2.40. The van der Waals surface area contributed by atoms with Gasteiger partial charge in [0.05, 0.1) is 20.8 Å². The van der Waals surface area contributed by atoms with Crippen LogP contribution in [0, 0.1) is 0 Å². The lowest BCUT2D eigenvalue weighted by molar-refractivity contribution is -0.148. The smallest absolute Gasteiger partial charge is 0.378 e. The second-order valence-corrected chi connectivity index (χ2v) is 5.61. The van der Waals surface area contributed by atoms with Crippen molar-refractivity contribution in [3.05, 3.63) is 23.0 Å². The minimum absolute atomic E-state index is 0.200. The van der Waals surface area contributed by atoms with Gasteiger partial charge in [-0.1, -0.05) is 15.9 Å². The predicted octanol–water partition coefficient (Wildman–Crippen LogP) is -1.24. The predicted molar refractivity (Wildman–Crippen MR) is 86.0 cm³/mol. The van der Waals surface area contributed by atoms with E-state index in [1.54, 1.807) is 0 Å². The maximum atomic E-state index is 11.0. The van der Waals surface area contributed by atoms with Gasteiger partial charge in [-0.05, 0) is 0 Å². The Hall–Kier alpha value is -2.02. The van der Waals surface area contributed by atoms with E-state index < -0.39 is 48.7 Å². The standard InChI is InChI=1S/C7H9BrO5.C7H10O6/c2*1-12-6-4(10)5(3(9)2-8)13-7(6)11/h3,5,9-10H,2H2,1H3;3,5,8-10H,2H2,1H3/t2*3-,5+/m00/s1. The van der Waals surface area contributed by atoms with E-state index in [-0.39, 0.29) is 22.6 Å². The third-order valence-corrected chi connectivity index (χ3v) is 3.96. The van der Waals surface area contributed by atoms with Crippen LogP contribution in [0.1, 0.15) is 0 Å². The summed E-state index contributed by atoms with van der Waals surface area (Å²) in [7, 11) is 2.44. The number of hydrogen-bond donors (Lipinski definition) is 5. The average Bonchev–Trinajstić information content (AvgIpc) is 3.08. The van der Waals surface area contributed by atoms with Crippen LogP contribution in [-0.2, 0) is 28.5 Å². The molecule has 0 bridgehead atoms. The highest BCUT2D eigenvalue weighted by atomic mass is 79.9. The summed E-state index contributed by atoms with van der Waals surface area (Å²) in [6, 6.07) is 0. The maximum Gasteiger partial charge on any atom is 0.378 e. The lowest BCUT2D eigenvalue weighted by atomic mass is 10.2. The van der Waals surface area contributed by atoms with E-state index in [1.165, 1.54) is 14.2 Å². The number of esters is 2. The van der Waals surface area contributed by atoms with Crippen molar-refractivity contribution in [3.8, 4) is 0 Å². The second-order valence-electron chi connectivity index (χ2n) is 4.96. The van der Waals surface area contributed by atoms with Crippen LogP contribution >= 0.6 is 15.9 Å². The minimum Gasteiger partial charge on any atom is -0.505 e. The van der Waals surface area contributed by atoms with E-state index in [0.29, 0.717) is 0 Å². The number of carbonyl (C=O) groups is 2. The Labute approximate surface area is 156 Å². The van der Waals surface area contributed by atoms with Gasteiger partial charge in [0.2, 0.25) is 11.5 Å². The maximum absolute atomic E-state index is 11.0. The van der Waals surface area contributed by atoms with Crippen molar-refractivity contribution in [3.63, 3.8) is 0 Å². The Balaban J connectivity index is 0.000000260. The largest absolute Gasteiger partial charge is 0.505 e. The molecule has 2 aliphatic rings. The molecule has 0 aliphatic carbocycles. The normalized spacial score (nSPS) is 24.5. The Morgan fingerprint density at radius 1 is 0.962 bits per heavy atom. The number of halogens is 1. The van der Waals surface area contributed by atoms with E-state index in [2.05, 4.69) is 34.9 Å². The third kappa shape index (κ3) is 4.58. The van der Waals surface area contributed by atoms with E-state index in [4.69, 9.17) is 10.2 Å². The molecular formula is C14H19BrO11. The van der Waals surface area contributed by atoms with Gasteiger partial charge < -0.3 is 44.5 Å². The molecule has 2 aliphatic heterocycles. The minimum atomic E-state index is -1.34. The fourth-order valence-electron chi connectivity index (χ4n) is 1.99. The summed E-state index contributed by atoms with van der Waals surface area (Å²) in [5, 5.41) is 45.7. The monoisotopic (exact) mass is 442 g/mol. The van der Waals surface area contributed by atoms with Crippen LogP contribution in [0.5, 0.6) is 0 Å². The number of aliphatic hydroxyl groups is 5. The van der Waals surface area contributed by atoms with Crippen LogP contribution < -0.4 is 0 Å². The summed E-state index contributed by atoms with van der Waals surface area (Å²) in [5.74, 6) is -3.04. The highest BCUT2D eigenvalue weighted by molar-refractivity contribution is 9.09. The Kier molecular flexibility index (Phi) is 8.14. The molecule has 0 amide bonds. The fraction of sp³-hybridized carbons (Fsp3) is 0.571. The molecule has 0 saturated heterocycles. The summed E-state index contributed by atoms with van der Waals surface area (Å²) in [6.45, 7) is -0.612. The van der Waals surface area contributed by atoms with Gasteiger partial charge in [0.1, 0.15) is 12.2 Å². The molecule has 2 heterocycles. The molecule has 0 spiro atoms. The molecule has 0 aromatic heterocycles. The van der Waals surface area contributed by atoms with E-state index in [9.17, 15) is 24.9 Å². The summed E-state index contributed by atoms with van der Waals surface area (Å²) >= 11 is 3.00. The number of methoxy groups -OCH3 is 2. The number of rotatable bonds is 6. The Morgan fingerprint density at radius 3 is 1.62 bits per heavy atom. The van der Waals surface area contributed by atoms with Gasteiger partial charge in [0.15, 0.2) is 23.7 Å². The molecule has 0 aromatic carbocycles. The molecule has 12 heteroatoms. The number of ether oxygens (including phenoxy) is 4. The van der Waals surface area contributed by atoms with Gasteiger partial charge >= 0.3 is 11.9 Å². The van der Waals surface area contributed by atoms with Crippen molar-refractivity contribution in [2.24, 2.45) is 0 Å². The average molecular weight is 443 g/mol. The zero-order valence-corrected chi connectivity index (χ0v) is 15.4. The third-order valence-electron chi connectivity index (χ3n) is 3.30. The summed E-state index contributed by atoms with van der Waals surface area (Å²) in [5.41, 5.74) is 0. The van der Waals surface area contributed by atoms with Crippen LogP contribution in [-0.4, -0.2) is 88.0 Å². The van der Waals surface area contributed by atoms with Gasteiger partial charge in [0.25, 0.3) is 0 Å². The molecule has 0 radical (unpaired) electrons. The first kappa shape index (κ1) is 22.0. The van der Waals surface area contributed by atoms with E-state index in [1.807, 2.05) is 0 Å². The van der Waals surface area contributed by atoms with Crippen molar-refractivity contribution in [1.82, 2.24) is 0 Å². The lowest BCUT2D eigenvalue weighted by Gasteiger charge is -2.13. The number of cyclic esters (lactones) is 2. The van der Waals surface area contributed by atoms with Gasteiger partial charge in [-0.15, -0.1) is 0 Å². The number of alkyl halides is 1. The fourth-order valence-corrected chi connectivity index (χ4v) is 2.33. The molecule has 148 valence electrons. The zero-order valence-electron chi connectivity index (χ0n) is 13.8.